The summed E-state index contributed by atoms with van der Waals surface area (Å²) in [7, 11) is 1.67. The Hall–Kier alpha value is -0.850. The maximum absolute atomic E-state index is 5.35. The van der Waals surface area contributed by atoms with E-state index in [9.17, 15) is 0 Å². The Kier molecular flexibility index (Phi) is 11.0. The first-order valence-corrected chi connectivity index (χ1v) is 6.24. The second kappa shape index (κ2) is 11.6. The van der Waals surface area contributed by atoms with Crippen LogP contribution in [0.1, 0.15) is 20.3 Å². The third-order valence-corrected chi connectivity index (χ3v) is 2.53. The van der Waals surface area contributed by atoms with Crippen LogP contribution < -0.4 is 16.6 Å². The lowest BCUT2D eigenvalue weighted by Crippen LogP contribution is -2.43. The molecule has 0 aromatic carbocycles. The Morgan fingerprint density at radius 3 is 2.59 bits per heavy atom. The van der Waals surface area contributed by atoms with Crippen LogP contribution >= 0.6 is 0 Å². The largest absolute Gasteiger partial charge is 0.383 e. The molecule has 0 rings (SSSR count). The number of ether oxygens (including phenoxy) is 1. The molecule has 0 fully saturated rings. The van der Waals surface area contributed by atoms with Crippen molar-refractivity contribution < 1.29 is 4.74 Å². The highest BCUT2D eigenvalue weighted by Gasteiger charge is 1.98. The van der Waals surface area contributed by atoms with Gasteiger partial charge in [-0.2, -0.15) is 0 Å². The number of hydrazine groups is 1. The SMILES string of the molecule is CCN(CC)CCCN=C(NN)NCCOC. The summed E-state index contributed by atoms with van der Waals surface area (Å²) < 4.78 is 4.93. The molecule has 0 amide bonds. The monoisotopic (exact) mass is 245 g/mol. The van der Waals surface area contributed by atoms with Gasteiger partial charge in [-0.3, -0.25) is 10.4 Å². The van der Waals surface area contributed by atoms with E-state index in [1.54, 1.807) is 7.11 Å². The summed E-state index contributed by atoms with van der Waals surface area (Å²) in [6.07, 6.45) is 1.04. The Morgan fingerprint density at radius 1 is 1.35 bits per heavy atom. The predicted molar refractivity (Wildman–Crippen MR) is 71.9 cm³/mol. The fourth-order valence-electron chi connectivity index (χ4n) is 1.45. The minimum Gasteiger partial charge on any atom is -0.383 e. The van der Waals surface area contributed by atoms with Crippen molar-refractivity contribution in [2.24, 2.45) is 10.8 Å². The second-order valence-electron chi connectivity index (χ2n) is 3.67. The quantitative estimate of drug-likeness (QED) is 0.172. The minimum atomic E-state index is 0.626. The van der Waals surface area contributed by atoms with E-state index < -0.39 is 0 Å². The van der Waals surface area contributed by atoms with Gasteiger partial charge in [-0.15, -0.1) is 0 Å². The number of hydrogen-bond acceptors (Lipinski definition) is 4. The highest BCUT2D eigenvalue weighted by atomic mass is 16.5. The van der Waals surface area contributed by atoms with Crippen LogP contribution in [0.3, 0.4) is 0 Å². The summed E-state index contributed by atoms with van der Waals surface area (Å²) in [6, 6.07) is 0. The van der Waals surface area contributed by atoms with Crippen molar-refractivity contribution in [1.29, 1.82) is 0 Å². The van der Waals surface area contributed by atoms with Gasteiger partial charge in [0.15, 0.2) is 0 Å². The molecule has 0 aliphatic heterocycles. The standard InChI is InChI=1S/C11H27N5O/c1-4-16(5-2)9-6-7-13-11(15-12)14-8-10-17-3/h4-10,12H2,1-3H3,(H2,13,14,15). The van der Waals surface area contributed by atoms with E-state index in [2.05, 4.69) is 34.5 Å². The lowest BCUT2D eigenvalue weighted by atomic mass is 10.4. The van der Waals surface area contributed by atoms with Crippen LogP contribution in [0.25, 0.3) is 0 Å². The molecule has 6 heteroatoms. The molecule has 102 valence electrons. The fourth-order valence-corrected chi connectivity index (χ4v) is 1.45. The fraction of sp³-hybridized carbons (Fsp3) is 0.909. The molecule has 4 N–H and O–H groups in total. The van der Waals surface area contributed by atoms with Crippen molar-refractivity contribution in [3.05, 3.63) is 0 Å². The molecule has 0 atom stereocenters. The summed E-state index contributed by atoms with van der Waals surface area (Å²) in [4.78, 5) is 6.72. The summed E-state index contributed by atoms with van der Waals surface area (Å²) in [6.45, 7) is 9.72. The van der Waals surface area contributed by atoms with Gasteiger partial charge in [0.2, 0.25) is 5.96 Å². The zero-order valence-corrected chi connectivity index (χ0v) is 11.3. The van der Waals surface area contributed by atoms with Crippen molar-refractivity contribution >= 4 is 5.96 Å². The smallest absolute Gasteiger partial charge is 0.205 e. The average Bonchev–Trinajstić information content (AvgIpc) is 2.37. The van der Waals surface area contributed by atoms with Gasteiger partial charge in [0.05, 0.1) is 6.61 Å². The van der Waals surface area contributed by atoms with Crippen molar-refractivity contribution in [2.75, 3.05) is 46.4 Å². The highest BCUT2D eigenvalue weighted by molar-refractivity contribution is 5.79. The van der Waals surface area contributed by atoms with Crippen LogP contribution in [0.5, 0.6) is 0 Å². The predicted octanol–water partition coefficient (Wildman–Crippen LogP) is -0.226. The topological polar surface area (TPSA) is 74.9 Å². The molecular weight excluding hydrogens is 218 g/mol. The van der Waals surface area contributed by atoms with E-state index in [-0.39, 0.29) is 0 Å². The lowest BCUT2D eigenvalue weighted by molar-refractivity contribution is 0.203. The molecule has 0 radical (unpaired) electrons. The van der Waals surface area contributed by atoms with E-state index in [4.69, 9.17) is 10.6 Å². The Bertz CT molecular complexity index is 194. The summed E-state index contributed by atoms with van der Waals surface area (Å²) in [5.74, 6) is 5.98. The summed E-state index contributed by atoms with van der Waals surface area (Å²) in [5.41, 5.74) is 2.55. The highest BCUT2D eigenvalue weighted by Crippen LogP contribution is 1.90. The van der Waals surface area contributed by atoms with Gasteiger partial charge >= 0.3 is 0 Å². The van der Waals surface area contributed by atoms with E-state index in [1.807, 2.05) is 0 Å². The Labute approximate surface area is 105 Å². The van der Waals surface area contributed by atoms with Gasteiger partial charge in [0, 0.05) is 20.2 Å². The van der Waals surface area contributed by atoms with E-state index in [1.165, 1.54) is 0 Å². The molecule has 0 aromatic rings. The lowest BCUT2D eigenvalue weighted by Gasteiger charge is -2.17. The first-order chi connectivity index (χ1) is 8.28. The normalized spacial score (nSPS) is 11.9. The molecule has 0 saturated carbocycles. The molecule has 0 heterocycles. The van der Waals surface area contributed by atoms with Crippen LogP contribution in [0.2, 0.25) is 0 Å². The number of methoxy groups -OCH3 is 1. The molecule has 0 spiro atoms. The van der Waals surface area contributed by atoms with Crippen LogP contribution in [0.15, 0.2) is 4.99 Å². The molecule has 0 aliphatic rings. The first-order valence-electron chi connectivity index (χ1n) is 6.24. The second-order valence-corrected chi connectivity index (χ2v) is 3.67. The molecule has 6 nitrogen and oxygen atoms in total. The zero-order valence-electron chi connectivity index (χ0n) is 11.3. The molecule has 0 aliphatic carbocycles. The number of guanidine groups is 1. The maximum Gasteiger partial charge on any atom is 0.205 e. The third-order valence-electron chi connectivity index (χ3n) is 2.53. The van der Waals surface area contributed by atoms with E-state index in [0.717, 1.165) is 32.6 Å². The van der Waals surface area contributed by atoms with Gasteiger partial charge in [0.1, 0.15) is 0 Å². The maximum atomic E-state index is 5.35. The van der Waals surface area contributed by atoms with Crippen molar-refractivity contribution in [1.82, 2.24) is 15.6 Å². The minimum absolute atomic E-state index is 0.626. The van der Waals surface area contributed by atoms with Crippen molar-refractivity contribution in [3.8, 4) is 0 Å². The van der Waals surface area contributed by atoms with Gasteiger partial charge < -0.3 is 15.0 Å². The summed E-state index contributed by atoms with van der Waals surface area (Å²) >= 11 is 0. The molecule has 17 heavy (non-hydrogen) atoms. The van der Waals surface area contributed by atoms with Crippen LogP contribution in [0, 0.1) is 0 Å². The number of nitrogens with one attached hydrogen (secondary N) is 2. The van der Waals surface area contributed by atoms with Gasteiger partial charge in [0.25, 0.3) is 0 Å². The average molecular weight is 245 g/mol. The van der Waals surface area contributed by atoms with Crippen LogP contribution in [-0.2, 0) is 4.74 Å². The molecule has 0 aromatic heterocycles. The molecule has 0 unspecified atom stereocenters. The van der Waals surface area contributed by atoms with Crippen molar-refractivity contribution in [3.63, 3.8) is 0 Å². The van der Waals surface area contributed by atoms with E-state index in [0.29, 0.717) is 19.1 Å². The number of rotatable bonds is 9. The third kappa shape index (κ3) is 8.91. The number of nitrogens with zero attached hydrogens (tertiary/aromatic N) is 2. The molecular formula is C11H27N5O. The first kappa shape index (κ1) is 16.1. The Morgan fingerprint density at radius 2 is 2.06 bits per heavy atom. The van der Waals surface area contributed by atoms with Gasteiger partial charge in [-0.25, -0.2) is 5.84 Å². The van der Waals surface area contributed by atoms with Gasteiger partial charge in [-0.05, 0) is 26.1 Å². The molecule has 0 bridgehead atoms. The van der Waals surface area contributed by atoms with Crippen LogP contribution in [-0.4, -0.2) is 57.3 Å². The van der Waals surface area contributed by atoms with Crippen molar-refractivity contribution in [2.45, 2.75) is 20.3 Å². The molecule has 0 saturated heterocycles. The van der Waals surface area contributed by atoms with Gasteiger partial charge in [-0.1, -0.05) is 13.8 Å². The Balaban J connectivity index is 3.70. The number of nitrogens with two attached hydrogens (primary N) is 1. The van der Waals surface area contributed by atoms with Crippen LogP contribution in [0.4, 0.5) is 0 Å². The number of aliphatic imine (C=N–C) groups is 1. The summed E-state index contributed by atoms with van der Waals surface area (Å²) in [5, 5.41) is 3.06. The number of hydrogen-bond donors (Lipinski definition) is 3. The zero-order chi connectivity index (χ0) is 12.9. The van der Waals surface area contributed by atoms with E-state index >= 15 is 0 Å².